The lowest BCUT2D eigenvalue weighted by molar-refractivity contribution is -0.137. The van der Waals surface area contributed by atoms with Crippen LogP contribution in [0.15, 0.2) is 70.2 Å². The molecule has 60 heavy (non-hydrogen) atoms. The van der Waals surface area contributed by atoms with Crippen molar-refractivity contribution in [3.8, 4) is 0 Å². The average Bonchev–Trinajstić information content (AvgIpc) is 3.95. The minimum absolute atomic E-state index is 0.0371. The fraction of sp³-hybridized carbons (Fsp3) is 0.442. The summed E-state index contributed by atoms with van der Waals surface area (Å²) in [5, 5.41) is 3.55. The Kier molecular flexibility index (Phi) is 19.3. The van der Waals surface area contributed by atoms with Crippen LogP contribution in [0.1, 0.15) is 96.0 Å². The fourth-order valence-electron chi connectivity index (χ4n) is 6.21. The molecule has 5 rings (SSSR count). The van der Waals surface area contributed by atoms with Gasteiger partial charge in [0.05, 0.1) is 33.6 Å². The number of sulfone groups is 1. The van der Waals surface area contributed by atoms with Gasteiger partial charge in [-0.1, -0.05) is 55.4 Å². The molecule has 4 aromatic rings. The summed E-state index contributed by atoms with van der Waals surface area (Å²) in [4.78, 5) is 39.1. The summed E-state index contributed by atoms with van der Waals surface area (Å²) in [5.41, 5.74) is 4.88. The lowest BCUT2D eigenvalue weighted by Crippen LogP contribution is -2.35. The third-order valence-electron chi connectivity index (χ3n) is 9.37. The van der Waals surface area contributed by atoms with Gasteiger partial charge in [-0.3, -0.25) is 24.2 Å². The van der Waals surface area contributed by atoms with Crippen molar-refractivity contribution in [1.29, 1.82) is 0 Å². The monoisotopic (exact) mass is 897 g/mol. The van der Waals surface area contributed by atoms with Gasteiger partial charge in [0.1, 0.15) is 25.2 Å². The van der Waals surface area contributed by atoms with E-state index in [4.69, 9.17) is 37.2 Å². The van der Waals surface area contributed by atoms with Crippen LogP contribution in [0.4, 0.5) is 24.5 Å². The number of aryl methyl sites for hydroxylation is 4. The van der Waals surface area contributed by atoms with Crippen LogP contribution in [0, 0.1) is 13.8 Å². The number of rotatable bonds is 16. The average molecular weight is 899 g/mol. The van der Waals surface area contributed by atoms with E-state index < -0.39 is 32.3 Å². The van der Waals surface area contributed by atoms with Crippen LogP contribution in [-0.2, 0) is 47.9 Å². The van der Waals surface area contributed by atoms with E-state index in [0.717, 1.165) is 71.6 Å². The smallest absolute Gasteiger partial charge is 0.361 e. The fourth-order valence-corrected chi connectivity index (χ4v) is 7.40. The molecule has 0 aliphatic heterocycles. The van der Waals surface area contributed by atoms with Crippen molar-refractivity contribution in [1.82, 2.24) is 5.16 Å². The summed E-state index contributed by atoms with van der Waals surface area (Å²) in [6, 6.07) is 14.1. The summed E-state index contributed by atoms with van der Waals surface area (Å²) < 4.78 is 78.0. The summed E-state index contributed by atoms with van der Waals surface area (Å²) in [7, 11) is -4.04. The second-order valence-electron chi connectivity index (χ2n) is 13.7. The minimum Gasteiger partial charge on any atom is -0.361 e. The van der Waals surface area contributed by atoms with Gasteiger partial charge >= 0.3 is 6.18 Å². The predicted molar refractivity (Wildman–Crippen MR) is 227 cm³/mol. The molecule has 3 aromatic carbocycles. The summed E-state index contributed by atoms with van der Waals surface area (Å²) in [5.74, 6) is -0.660. The summed E-state index contributed by atoms with van der Waals surface area (Å²) in [6.45, 7) is 13.6. The lowest BCUT2D eigenvalue weighted by atomic mass is 10.0. The lowest BCUT2D eigenvalue weighted by Gasteiger charge is -2.25. The molecule has 1 heterocycles. The van der Waals surface area contributed by atoms with Gasteiger partial charge in [-0.25, -0.2) is 8.42 Å². The molecule has 328 valence electrons. The second-order valence-corrected chi connectivity index (χ2v) is 16.2. The zero-order valence-electron chi connectivity index (χ0n) is 34.8. The normalized spacial score (nSPS) is 12.5. The van der Waals surface area contributed by atoms with Gasteiger partial charge in [-0.05, 0) is 93.8 Å². The molecule has 0 saturated heterocycles. The van der Waals surface area contributed by atoms with E-state index in [1.807, 2.05) is 64.1 Å². The minimum atomic E-state index is -4.71. The number of para-hydroxylation sites is 2. The number of nitrogens with zero attached hydrogens (tertiary/aromatic N) is 3. The maximum atomic E-state index is 12.8. The molecule has 0 bridgehead atoms. The highest BCUT2D eigenvalue weighted by atomic mass is 35.5. The Bertz CT molecular complexity index is 2120. The van der Waals surface area contributed by atoms with Crippen molar-refractivity contribution in [3.05, 3.63) is 105 Å². The third kappa shape index (κ3) is 13.4. The van der Waals surface area contributed by atoms with E-state index in [0.29, 0.717) is 31.1 Å². The summed E-state index contributed by atoms with van der Waals surface area (Å²) >= 11 is 11.4. The van der Waals surface area contributed by atoms with Gasteiger partial charge in [0.2, 0.25) is 11.8 Å². The van der Waals surface area contributed by atoms with Gasteiger partial charge in [0.15, 0.2) is 21.4 Å². The van der Waals surface area contributed by atoms with Crippen molar-refractivity contribution >= 4 is 62.0 Å². The Morgan fingerprint density at radius 3 is 1.67 bits per heavy atom. The number of ether oxygens (including phenoxy) is 2. The van der Waals surface area contributed by atoms with Crippen LogP contribution in [0.2, 0.25) is 0 Å². The van der Waals surface area contributed by atoms with Crippen molar-refractivity contribution in [2.75, 3.05) is 54.5 Å². The van der Waals surface area contributed by atoms with Crippen LogP contribution in [0.25, 0.3) is 0 Å². The molecule has 0 atom stereocenters. The zero-order valence-corrected chi connectivity index (χ0v) is 37.2. The number of alkyl halides is 5. The molecule has 0 spiro atoms. The Morgan fingerprint density at radius 2 is 1.28 bits per heavy atom. The number of anilines is 2. The largest absolute Gasteiger partial charge is 0.416 e. The molecule has 1 saturated carbocycles. The second kappa shape index (κ2) is 23.1. The number of hydrogen-bond acceptors (Lipinski definition) is 9. The van der Waals surface area contributed by atoms with Crippen LogP contribution in [-0.4, -0.2) is 75.9 Å². The molecule has 1 aromatic heterocycles. The van der Waals surface area contributed by atoms with Crippen molar-refractivity contribution in [2.45, 2.75) is 84.2 Å². The number of benzene rings is 3. The Hall–Kier alpha value is -4.28. The van der Waals surface area contributed by atoms with Gasteiger partial charge in [0, 0.05) is 31.0 Å². The SMILES string of the molecule is CCOCN(C(=O)CCl)c1c(C)cccc1CC.CCOCN(C(=O)CCl)c1c(C)cccc1CC.CS(=O)(=O)c1cc(C(F)(F)F)ccc1C(=O)c1cnoc1C1CC1. The van der Waals surface area contributed by atoms with Crippen molar-refractivity contribution < 1.29 is 50.0 Å². The molecule has 1 fully saturated rings. The maximum Gasteiger partial charge on any atom is 0.416 e. The molecular formula is C43H52Cl2F3N3O8S. The first kappa shape index (κ1) is 50.1. The van der Waals surface area contributed by atoms with E-state index in [1.165, 1.54) is 6.20 Å². The van der Waals surface area contributed by atoms with E-state index in [-0.39, 0.29) is 54.1 Å². The highest BCUT2D eigenvalue weighted by Crippen LogP contribution is 2.42. The standard InChI is InChI=1S/C15H12F3NO4S.2C14H20ClNO2/c1-24(21,22)12-6-9(15(16,17)18)4-5-10(12)13(20)11-7-19-23-14(11)8-2-3-8;2*1-4-12-8-6-7-11(3)14(12)16(10-18-5-2)13(17)9-15/h4-8H,2-3H2,1H3;2*6-8H,4-5,9-10H2,1-3H3. The number of carbonyl (C=O) groups is 3. The molecule has 0 unspecified atom stereocenters. The Balaban J connectivity index is 0.000000245. The molecule has 11 nitrogen and oxygen atoms in total. The highest BCUT2D eigenvalue weighted by molar-refractivity contribution is 7.90. The number of amides is 2. The first-order valence-corrected chi connectivity index (χ1v) is 22.3. The molecule has 0 N–H and O–H groups in total. The number of carbonyl (C=O) groups excluding carboxylic acids is 3. The van der Waals surface area contributed by atoms with Crippen LogP contribution >= 0.6 is 23.2 Å². The first-order valence-electron chi connectivity index (χ1n) is 19.3. The third-order valence-corrected chi connectivity index (χ3v) is 11.0. The molecule has 17 heteroatoms. The van der Waals surface area contributed by atoms with E-state index >= 15 is 0 Å². The number of halogens is 5. The number of hydrogen-bond donors (Lipinski definition) is 0. The van der Waals surface area contributed by atoms with E-state index in [1.54, 1.807) is 9.80 Å². The van der Waals surface area contributed by atoms with Gasteiger partial charge in [-0.15, -0.1) is 23.2 Å². The molecule has 1 aliphatic carbocycles. The molecular weight excluding hydrogens is 846 g/mol. The molecule has 0 radical (unpaired) electrons. The van der Waals surface area contributed by atoms with Crippen molar-refractivity contribution in [3.63, 3.8) is 0 Å². The van der Waals surface area contributed by atoms with Gasteiger partial charge in [0.25, 0.3) is 0 Å². The predicted octanol–water partition coefficient (Wildman–Crippen LogP) is 9.45. The quantitative estimate of drug-likeness (QED) is 0.0612. The van der Waals surface area contributed by atoms with Gasteiger partial charge < -0.3 is 14.0 Å². The van der Waals surface area contributed by atoms with Crippen LogP contribution in [0.3, 0.4) is 0 Å². The first-order chi connectivity index (χ1) is 28.4. The molecule has 2 amide bonds. The Morgan fingerprint density at radius 1 is 0.800 bits per heavy atom. The molecule has 1 aliphatic rings. The Labute approximate surface area is 360 Å². The number of ketones is 1. The van der Waals surface area contributed by atoms with E-state index in [2.05, 4.69) is 19.0 Å². The van der Waals surface area contributed by atoms with Crippen molar-refractivity contribution in [2.24, 2.45) is 0 Å². The summed E-state index contributed by atoms with van der Waals surface area (Å²) in [6.07, 6.45) is 0.596. The zero-order chi connectivity index (χ0) is 44.8. The van der Waals surface area contributed by atoms with E-state index in [9.17, 15) is 36.0 Å². The number of aromatic nitrogens is 1. The highest BCUT2D eigenvalue weighted by Gasteiger charge is 2.36. The topological polar surface area (TPSA) is 136 Å². The maximum absolute atomic E-state index is 12.8. The van der Waals surface area contributed by atoms with Gasteiger partial charge in [-0.2, -0.15) is 13.2 Å². The van der Waals surface area contributed by atoms with Crippen LogP contribution in [0.5, 0.6) is 0 Å². The van der Waals surface area contributed by atoms with Crippen LogP contribution < -0.4 is 9.80 Å².